The van der Waals surface area contributed by atoms with Crippen molar-refractivity contribution in [1.29, 1.82) is 0 Å². The predicted molar refractivity (Wildman–Crippen MR) is 152 cm³/mol. The largest absolute Gasteiger partial charge is 0.444 e. The topological polar surface area (TPSA) is 45.7 Å². The Morgan fingerprint density at radius 1 is 1.00 bits per heavy atom. The van der Waals surface area contributed by atoms with Crippen molar-refractivity contribution in [2.75, 3.05) is 18.0 Å². The molecule has 0 radical (unpaired) electrons. The summed E-state index contributed by atoms with van der Waals surface area (Å²) in [6.07, 6.45) is 5.40. The van der Waals surface area contributed by atoms with Gasteiger partial charge >= 0.3 is 6.09 Å². The molecule has 1 aliphatic rings. The number of hydrogen-bond donors (Lipinski definition) is 0. The molecule has 0 atom stereocenters. The van der Waals surface area contributed by atoms with Crippen LogP contribution in [0, 0.1) is 20.8 Å². The Bertz CT molecular complexity index is 1220. The number of halogens is 1. The van der Waals surface area contributed by atoms with Crippen LogP contribution in [0.25, 0.3) is 11.1 Å². The van der Waals surface area contributed by atoms with Crippen LogP contribution in [0.1, 0.15) is 55.9 Å². The number of benzene rings is 2. The number of anilines is 1. The molecule has 6 heteroatoms. The number of nitrogens with zero attached hydrogens (tertiary/aromatic N) is 3. The van der Waals surface area contributed by atoms with Gasteiger partial charge in [-0.3, -0.25) is 4.98 Å². The van der Waals surface area contributed by atoms with Gasteiger partial charge in [0, 0.05) is 54.3 Å². The quantitative estimate of drug-likeness (QED) is 0.346. The number of aromatic nitrogens is 1. The van der Waals surface area contributed by atoms with Gasteiger partial charge in [-0.1, -0.05) is 23.7 Å². The van der Waals surface area contributed by atoms with Gasteiger partial charge in [0.1, 0.15) is 5.60 Å². The monoisotopic (exact) mass is 519 g/mol. The zero-order chi connectivity index (χ0) is 26.7. The van der Waals surface area contributed by atoms with Crippen LogP contribution < -0.4 is 4.90 Å². The van der Waals surface area contributed by atoms with E-state index in [0.717, 1.165) is 41.2 Å². The van der Waals surface area contributed by atoms with Crippen molar-refractivity contribution in [2.24, 2.45) is 0 Å². The number of carbonyl (C=O) groups excluding carboxylic acids is 1. The van der Waals surface area contributed by atoms with E-state index in [-0.39, 0.29) is 12.1 Å². The van der Waals surface area contributed by atoms with Gasteiger partial charge in [-0.2, -0.15) is 0 Å². The van der Waals surface area contributed by atoms with Gasteiger partial charge in [-0.15, -0.1) is 0 Å². The molecule has 4 rings (SSSR count). The summed E-state index contributed by atoms with van der Waals surface area (Å²) in [7, 11) is 0. The Balaban J connectivity index is 1.56. The van der Waals surface area contributed by atoms with E-state index in [1.54, 1.807) is 0 Å². The van der Waals surface area contributed by atoms with Gasteiger partial charge in [0.25, 0.3) is 0 Å². The molecule has 2 aromatic carbocycles. The number of likely N-dealkylation sites (tertiary alicyclic amines) is 1. The summed E-state index contributed by atoms with van der Waals surface area (Å²) in [5.41, 5.74) is 8.01. The first-order valence-electron chi connectivity index (χ1n) is 13.0. The Labute approximate surface area is 226 Å². The van der Waals surface area contributed by atoms with E-state index in [4.69, 9.17) is 16.3 Å². The van der Waals surface area contributed by atoms with Gasteiger partial charge in [0.15, 0.2) is 0 Å². The van der Waals surface area contributed by atoms with E-state index < -0.39 is 5.60 Å². The maximum Gasteiger partial charge on any atom is 0.410 e. The number of hydrogen-bond acceptors (Lipinski definition) is 4. The summed E-state index contributed by atoms with van der Waals surface area (Å²) in [6.45, 7) is 14.3. The summed E-state index contributed by atoms with van der Waals surface area (Å²) in [5, 5.41) is 0.720. The van der Waals surface area contributed by atoms with Crippen LogP contribution in [-0.2, 0) is 11.3 Å². The first kappa shape index (κ1) is 27.0. The number of carbonyl (C=O) groups is 1. The SMILES string of the molecule is Cc1cc(-c2cncc(CN(c3ccc(Cl)cc3)C3CCN(C(=O)OC(C)(C)C)CC3)c2)cc(C)c1C. The lowest BCUT2D eigenvalue weighted by Gasteiger charge is -2.40. The summed E-state index contributed by atoms with van der Waals surface area (Å²) in [4.78, 5) is 21.4. The second-order valence-corrected chi connectivity index (χ2v) is 11.6. The standard InChI is InChI=1S/C31H38ClN3O2/c1-21-15-25(16-22(2)23(21)3)26-17-24(18-33-19-26)20-35(28-9-7-27(32)8-10-28)29-11-13-34(14-12-29)30(36)37-31(4,5)6/h7-10,15-19,29H,11-14,20H2,1-6H3. The van der Waals surface area contributed by atoms with Crippen molar-refractivity contribution < 1.29 is 9.53 Å². The Hall–Kier alpha value is -3.05. The molecule has 1 aromatic heterocycles. The minimum Gasteiger partial charge on any atom is -0.444 e. The normalized spacial score (nSPS) is 14.5. The molecule has 3 aromatic rings. The molecule has 2 heterocycles. The number of ether oxygens (including phenoxy) is 1. The molecular weight excluding hydrogens is 482 g/mol. The molecule has 0 bridgehead atoms. The summed E-state index contributed by atoms with van der Waals surface area (Å²) in [5.74, 6) is 0. The number of amides is 1. The number of piperidine rings is 1. The Morgan fingerprint density at radius 2 is 1.62 bits per heavy atom. The zero-order valence-electron chi connectivity index (χ0n) is 22.8. The molecule has 1 saturated heterocycles. The highest BCUT2D eigenvalue weighted by molar-refractivity contribution is 6.30. The fourth-order valence-electron chi connectivity index (χ4n) is 4.88. The highest BCUT2D eigenvalue weighted by Crippen LogP contribution is 2.30. The molecule has 1 amide bonds. The molecule has 0 unspecified atom stereocenters. The van der Waals surface area contributed by atoms with Crippen LogP contribution in [0.2, 0.25) is 5.02 Å². The van der Waals surface area contributed by atoms with Crippen molar-refractivity contribution in [1.82, 2.24) is 9.88 Å². The zero-order valence-corrected chi connectivity index (χ0v) is 23.6. The van der Waals surface area contributed by atoms with E-state index in [2.05, 4.69) is 61.0 Å². The Morgan fingerprint density at radius 3 is 2.22 bits per heavy atom. The van der Waals surface area contributed by atoms with Gasteiger partial charge < -0.3 is 14.5 Å². The fourth-order valence-corrected chi connectivity index (χ4v) is 5.01. The predicted octanol–water partition coefficient (Wildman–Crippen LogP) is 7.73. The van der Waals surface area contributed by atoms with Crippen molar-refractivity contribution in [3.05, 3.63) is 82.1 Å². The van der Waals surface area contributed by atoms with E-state index in [1.165, 1.54) is 22.3 Å². The maximum atomic E-state index is 12.6. The van der Waals surface area contributed by atoms with E-state index in [1.807, 2.05) is 50.2 Å². The molecular formula is C31H38ClN3O2. The van der Waals surface area contributed by atoms with Crippen molar-refractivity contribution in [3.63, 3.8) is 0 Å². The van der Waals surface area contributed by atoms with Crippen LogP contribution >= 0.6 is 11.6 Å². The number of pyridine rings is 1. The average molecular weight is 520 g/mol. The summed E-state index contributed by atoms with van der Waals surface area (Å²) < 4.78 is 5.60. The minimum absolute atomic E-state index is 0.232. The molecule has 0 spiro atoms. The molecule has 37 heavy (non-hydrogen) atoms. The second-order valence-electron chi connectivity index (χ2n) is 11.1. The third-order valence-corrected chi connectivity index (χ3v) is 7.38. The highest BCUT2D eigenvalue weighted by Gasteiger charge is 2.30. The molecule has 1 aliphatic heterocycles. The van der Waals surface area contributed by atoms with Crippen LogP contribution in [0.5, 0.6) is 0 Å². The molecule has 0 aliphatic carbocycles. The second kappa shape index (κ2) is 11.1. The van der Waals surface area contributed by atoms with Crippen molar-refractivity contribution in [2.45, 2.75) is 72.6 Å². The molecule has 0 saturated carbocycles. The summed E-state index contributed by atoms with van der Waals surface area (Å²) >= 11 is 6.21. The summed E-state index contributed by atoms with van der Waals surface area (Å²) in [6, 6.07) is 15.0. The van der Waals surface area contributed by atoms with Gasteiger partial charge in [0.05, 0.1) is 0 Å². The smallest absolute Gasteiger partial charge is 0.410 e. The lowest BCUT2D eigenvalue weighted by molar-refractivity contribution is 0.0204. The molecule has 1 fully saturated rings. The van der Waals surface area contributed by atoms with E-state index in [0.29, 0.717) is 13.1 Å². The first-order chi connectivity index (χ1) is 17.5. The third kappa shape index (κ3) is 6.84. The van der Waals surface area contributed by atoms with E-state index in [9.17, 15) is 4.79 Å². The Kier molecular flexibility index (Phi) is 8.13. The van der Waals surface area contributed by atoms with Crippen molar-refractivity contribution >= 4 is 23.4 Å². The van der Waals surface area contributed by atoms with Gasteiger partial charge in [-0.25, -0.2) is 4.79 Å². The molecule has 196 valence electrons. The lowest BCUT2D eigenvalue weighted by atomic mass is 9.96. The van der Waals surface area contributed by atoms with Crippen LogP contribution in [0.3, 0.4) is 0 Å². The lowest BCUT2D eigenvalue weighted by Crippen LogP contribution is -2.48. The molecule has 0 N–H and O–H groups in total. The maximum absolute atomic E-state index is 12.6. The molecule has 5 nitrogen and oxygen atoms in total. The van der Waals surface area contributed by atoms with Gasteiger partial charge in [0.2, 0.25) is 0 Å². The third-order valence-electron chi connectivity index (χ3n) is 7.12. The van der Waals surface area contributed by atoms with Gasteiger partial charge in [-0.05, 0) is 113 Å². The minimum atomic E-state index is -0.490. The van der Waals surface area contributed by atoms with Crippen LogP contribution in [-0.4, -0.2) is 40.7 Å². The van der Waals surface area contributed by atoms with E-state index >= 15 is 0 Å². The van der Waals surface area contributed by atoms with Crippen LogP contribution in [0.4, 0.5) is 10.5 Å². The average Bonchev–Trinajstić information content (AvgIpc) is 2.85. The van der Waals surface area contributed by atoms with Crippen molar-refractivity contribution in [3.8, 4) is 11.1 Å². The number of rotatable bonds is 5. The highest BCUT2D eigenvalue weighted by atomic mass is 35.5. The van der Waals surface area contributed by atoms with Crippen LogP contribution in [0.15, 0.2) is 54.9 Å². The first-order valence-corrected chi connectivity index (χ1v) is 13.4. The number of aryl methyl sites for hydroxylation is 2. The fraction of sp³-hybridized carbons (Fsp3) is 0.419.